The zero-order chi connectivity index (χ0) is 22.9. The van der Waals surface area contributed by atoms with Gasteiger partial charge in [0.05, 0.1) is 13.7 Å². The Hall–Kier alpha value is -2.62. The second kappa shape index (κ2) is 11.8. The molecule has 32 heavy (non-hydrogen) atoms. The fourth-order valence-electron chi connectivity index (χ4n) is 3.41. The number of piperazine rings is 1. The molecule has 1 aromatic carbocycles. The van der Waals surface area contributed by atoms with Crippen LogP contribution < -0.4 is 14.8 Å². The number of benzene rings is 1. The van der Waals surface area contributed by atoms with Crippen LogP contribution in [0.1, 0.15) is 30.2 Å². The Balaban J connectivity index is 1.35. The third kappa shape index (κ3) is 7.51. The Morgan fingerprint density at radius 2 is 1.81 bits per heavy atom. The van der Waals surface area contributed by atoms with E-state index in [2.05, 4.69) is 20.1 Å². The summed E-state index contributed by atoms with van der Waals surface area (Å²) in [6.07, 6.45) is 0.850. The molecule has 1 unspecified atom stereocenters. The minimum absolute atomic E-state index is 0.204. The van der Waals surface area contributed by atoms with Crippen molar-refractivity contribution in [2.24, 2.45) is 5.92 Å². The fraction of sp³-hybridized carbons (Fsp3) is 0.565. The molecule has 1 atom stereocenters. The molecule has 0 saturated carbocycles. The second-order valence-corrected chi connectivity index (χ2v) is 8.45. The summed E-state index contributed by atoms with van der Waals surface area (Å²) in [5.41, 5.74) is 0.319. The Morgan fingerprint density at radius 1 is 1.16 bits per heavy atom. The van der Waals surface area contributed by atoms with Crippen LogP contribution in [0.25, 0.3) is 0 Å². The van der Waals surface area contributed by atoms with Crippen LogP contribution >= 0.6 is 0 Å². The standard InChI is InChI=1S/C23H34N4O5/c1-17(2)12-24-23(29)21-16-32-22(25-21)14-27-10-8-26(9-11-27)13-18(28)15-31-20-6-4-19(30-3)5-7-20/h4-7,16-18,28H,8-15H2,1-3H3,(H,24,29). The maximum Gasteiger partial charge on any atom is 0.273 e. The van der Waals surface area contributed by atoms with Crippen molar-refractivity contribution in [1.82, 2.24) is 20.1 Å². The third-order valence-corrected chi connectivity index (χ3v) is 5.25. The first-order chi connectivity index (χ1) is 15.4. The normalized spacial score (nSPS) is 16.2. The highest BCUT2D eigenvalue weighted by atomic mass is 16.5. The molecule has 1 saturated heterocycles. The van der Waals surface area contributed by atoms with Crippen LogP contribution in [0, 0.1) is 5.92 Å². The van der Waals surface area contributed by atoms with Gasteiger partial charge in [-0.15, -0.1) is 0 Å². The van der Waals surface area contributed by atoms with Gasteiger partial charge < -0.3 is 24.3 Å². The molecule has 176 valence electrons. The van der Waals surface area contributed by atoms with Crippen LogP contribution in [-0.4, -0.2) is 84.9 Å². The number of carbonyl (C=O) groups excluding carboxylic acids is 1. The fourth-order valence-corrected chi connectivity index (χ4v) is 3.41. The van der Waals surface area contributed by atoms with Gasteiger partial charge in [0.1, 0.15) is 30.5 Å². The second-order valence-electron chi connectivity index (χ2n) is 8.45. The maximum atomic E-state index is 12.1. The molecule has 2 aromatic rings. The van der Waals surface area contributed by atoms with Gasteiger partial charge in [-0.1, -0.05) is 13.8 Å². The van der Waals surface area contributed by atoms with E-state index in [1.54, 1.807) is 7.11 Å². The van der Waals surface area contributed by atoms with Crippen LogP contribution in [0.2, 0.25) is 0 Å². The van der Waals surface area contributed by atoms with E-state index < -0.39 is 6.10 Å². The number of hydrogen-bond donors (Lipinski definition) is 2. The van der Waals surface area contributed by atoms with Gasteiger partial charge in [0.2, 0.25) is 5.89 Å². The Kier molecular flexibility index (Phi) is 8.90. The monoisotopic (exact) mass is 446 g/mol. The van der Waals surface area contributed by atoms with Gasteiger partial charge in [0.15, 0.2) is 5.69 Å². The van der Waals surface area contributed by atoms with Crippen molar-refractivity contribution in [2.75, 3.05) is 53.0 Å². The summed E-state index contributed by atoms with van der Waals surface area (Å²) in [4.78, 5) is 20.9. The van der Waals surface area contributed by atoms with Crippen molar-refractivity contribution in [3.05, 3.63) is 42.1 Å². The number of methoxy groups -OCH3 is 1. The van der Waals surface area contributed by atoms with Crippen molar-refractivity contribution in [3.63, 3.8) is 0 Å². The number of nitrogens with zero attached hydrogens (tertiary/aromatic N) is 3. The van der Waals surface area contributed by atoms with E-state index >= 15 is 0 Å². The topological polar surface area (TPSA) is 100 Å². The SMILES string of the molecule is COc1ccc(OCC(O)CN2CCN(Cc3nc(C(=O)NCC(C)C)co3)CC2)cc1. The molecule has 9 heteroatoms. The highest BCUT2D eigenvalue weighted by Crippen LogP contribution is 2.17. The molecule has 1 aromatic heterocycles. The number of oxazole rings is 1. The van der Waals surface area contributed by atoms with Crippen molar-refractivity contribution in [2.45, 2.75) is 26.5 Å². The lowest BCUT2D eigenvalue weighted by molar-refractivity contribution is 0.0430. The van der Waals surface area contributed by atoms with Crippen LogP contribution in [0.15, 0.2) is 34.9 Å². The molecule has 1 aliphatic heterocycles. The number of β-amino-alcohol motifs (C(OH)–C–C–N with tert-alkyl or cyclic N) is 1. The van der Waals surface area contributed by atoms with E-state index in [0.29, 0.717) is 42.9 Å². The first-order valence-corrected chi connectivity index (χ1v) is 11.0. The predicted molar refractivity (Wildman–Crippen MR) is 120 cm³/mol. The molecule has 2 N–H and O–H groups in total. The van der Waals surface area contributed by atoms with Gasteiger partial charge in [-0.2, -0.15) is 0 Å². The van der Waals surface area contributed by atoms with E-state index in [-0.39, 0.29) is 12.5 Å². The number of rotatable bonds is 11. The summed E-state index contributed by atoms with van der Waals surface area (Å²) in [6, 6.07) is 7.31. The van der Waals surface area contributed by atoms with E-state index in [1.165, 1.54) is 6.26 Å². The quantitative estimate of drug-likeness (QED) is 0.537. The molecule has 0 spiro atoms. The number of carbonyl (C=O) groups is 1. The predicted octanol–water partition coefficient (Wildman–Crippen LogP) is 1.63. The minimum Gasteiger partial charge on any atom is -0.497 e. The molecular weight excluding hydrogens is 412 g/mol. The Labute approximate surface area is 189 Å². The largest absolute Gasteiger partial charge is 0.497 e. The summed E-state index contributed by atoms with van der Waals surface area (Å²) < 4.78 is 16.3. The molecule has 0 bridgehead atoms. The average Bonchev–Trinajstić information content (AvgIpc) is 3.26. The highest BCUT2D eigenvalue weighted by molar-refractivity contribution is 5.91. The van der Waals surface area contributed by atoms with Gasteiger partial charge >= 0.3 is 0 Å². The maximum absolute atomic E-state index is 12.1. The highest BCUT2D eigenvalue weighted by Gasteiger charge is 2.21. The molecule has 1 amide bonds. The summed E-state index contributed by atoms with van der Waals surface area (Å²) in [6.45, 7) is 9.40. The smallest absolute Gasteiger partial charge is 0.273 e. The number of hydrogen-bond acceptors (Lipinski definition) is 8. The summed E-state index contributed by atoms with van der Waals surface area (Å²) in [5, 5.41) is 13.2. The molecule has 1 aliphatic rings. The Morgan fingerprint density at radius 3 is 2.47 bits per heavy atom. The van der Waals surface area contributed by atoms with Gasteiger partial charge in [-0.05, 0) is 30.2 Å². The van der Waals surface area contributed by atoms with Gasteiger partial charge in [0, 0.05) is 39.3 Å². The van der Waals surface area contributed by atoms with Crippen LogP contribution in [0.3, 0.4) is 0 Å². The van der Waals surface area contributed by atoms with E-state index in [0.717, 1.165) is 31.9 Å². The lowest BCUT2D eigenvalue weighted by Gasteiger charge is -2.34. The Bertz CT molecular complexity index is 831. The zero-order valence-electron chi connectivity index (χ0n) is 19.1. The number of aromatic nitrogens is 1. The van der Waals surface area contributed by atoms with Gasteiger partial charge in [-0.25, -0.2) is 4.98 Å². The van der Waals surface area contributed by atoms with Crippen molar-refractivity contribution in [3.8, 4) is 11.5 Å². The number of amides is 1. The average molecular weight is 447 g/mol. The van der Waals surface area contributed by atoms with Crippen molar-refractivity contribution in [1.29, 1.82) is 0 Å². The first kappa shape index (κ1) is 24.0. The minimum atomic E-state index is -0.567. The first-order valence-electron chi connectivity index (χ1n) is 11.0. The lowest BCUT2D eigenvalue weighted by Crippen LogP contribution is -2.48. The molecule has 0 aliphatic carbocycles. The van der Waals surface area contributed by atoms with Crippen LogP contribution in [0.4, 0.5) is 0 Å². The van der Waals surface area contributed by atoms with Gasteiger partial charge in [0.25, 0.3) is 5.91 Å². The lowest BCUT2D eigenvalue weighted by atomic mass is 10.2. The molecule has 9 nitrogen and oxygen atoms in total. The molecule has 3 rings (SSSR count). The molecule has 0 radical (unpaired) electrons. The number of ether oxygens (including phenoxy) is 2. The van der Waals surface area contributed by atoms with Gasteiger partial charge in [-0.3, -0.25) is 14.6 Å². The van der Waals surface area contributed by atoms with E-state index in [4.69, 9.17) is 13.9 Å². The number of nitrogens with one attached hydrogen (secondary N) is 1. The summed E-state index contributed by atoms with van der Waals surface area (Å²) in [7, 11) is 1.62. The third-order valence-electron chi connectivity index (χ3n) is 5.25. The van der Waals surface area contributed by atoms with Crippen molar-refractivity contribution < 1.29 is 23.8 Å². The zero-order valence-corrected chi connectivity index (χ0v) is 19.1. The van der Waals surface area contributed by atoms with Crippen LogP contribution in [-0.2, 0) is 6.54 Å². The molecule has 2 heterocycles. The molecular formula is C23H34N4O5. The van der Waals surface area contributed by atoms with Crippen LogP contribution in [0.5, 0.6) is 11.5 Å². The summed E-state index contributed by atoms with van der Waals surface area (Å²) in [5.74, 6) is 2.20. The number of aliphatic hydroxyl groups is 1. The molecule has 1 fully saturated rings. The van der Waals surface area contributed by atoms with E-state index in [1.807, 2.05) is 38.1 Å². The number of aliphatic hydroxyl groups excluding tert-OH is 1. The van der Waals surface area contributed by atoms with Crippen molar-refractivity contribution >= 4 is 5.91 Å². The van der Waals surface area contributed by atoms with E-state index in [9.17, 15) is 9.90 Å². The summed E-state index contributed by atoms with van der Waals surface area (Å²) >= 11 is 0.